The van der Waals surface area contributed by atoms with Crippen LogP contribution in [0.3, 0.4) is 0 Å². The number of methoxy groups -OCH3 is 1. The fourth-order valence-corrected chi connectivity index (χ4v) is 1.71. The maximum absolute atomic E-state index is 5.17. The average Bonchev–Trinajstić information content (AvgIpc) is 2.15. The molecule has 1 fully saturated rings. The third-order valence-electron chi connectivity index (χ3n) is 2.85. The molecule has 0 aliphatic carbocycles. The molecule has 15 heavy (non-hydrogen) atoms. The first kappa shape index (κ1) is 10.2. The van der Waals surface area contributed by atoms with Gasteiger partial charge in [-0.25, -0.2) is 9.97 Å². The minimum atomic E-state index is 0.531. The van der Waals surface area contributed by atoms with Gasteiger partial charge in [0, 0.05) is 20.1 Å². The van der Waals surface area contributed by atoms with Gasteiger partial charge in [0.05, 0.1) is 18.7 Å². The van der Waals surface area contributed by atoms with E-state index < -0.39 is 0 Å². The van der Waals surface area contributed by atoms with Crippen LogP contribution in [-0.2, 0) is 0 Å². The summed E-state index contributed by atoms with van der Waals surface area (Å²) in [5.74, 6) is 1.60. The largest absolute Gasteiger partial charge is 0.481 e. The van der Waals surface area contributed by atoms with E-state index in [9.17, 15) is 0 Å². The zero-order chi connectivity index (χ0) is 10.8. The van der Waals surface area contributed by atoms with Crippen molar-refractivity contribution in [1.29, 1.82) is 0 Å². The predicted molar refractivity (Wildman–Crippen MR) is 58.4 cm³/mol. The lowest BCUT2D eigenvalue weighted by Crippen LogP contribution is -2.56. The van der Waals surface area contributed by atoms with Gasteiger partial charge in [0.15, 0.2) is 0 Å². The van der Waals surface area contributed by atoms with Crippen LogP contribution in [-0.4, -0.2) is 43.3 Å². The summed E-state index contributed by atoms with van der Waals surface area (Å²) in [5, 5.41) is 3.24. The lowest BCUT2D eigenvalue weighted by Gasteiger charge is -2.36. The molecule has 0 saturated carbocycles. The molecule has 1 saturated heterocycles. The molecule has 0 bridgehead atoms. The predicted octanol–water partition coefficient (Wildman–Crippen LogP) is 0.202. The maximum Gasteiger partial charge on any atom is 0.221 e. The summed E-state index contributed by atoms with van der Waals surface area (Å²) in [6.07, 6.45) is 1.55. The normalized spacial score (nSPS) is 15.9. The molecule has 5 nitrogen and oxygen atoms in total. The van der Waals surface area contributed by atoms with E-state index in [1.54, 1.807) is 13.4 Å². The van der Waals surface area contributed by atoms with E-state index in [2.05, 4.69) is 27.2 Å². The van der Waals surface area contributed by atoms with E-state index in [1.807, 2.05) is 6.92 Å². The van der Waals surface area contributed by atoms with Crippen molar-refractivity contribution in [2.45, 2.75) is 13.0 Å². The minimum Gasteiger partial charge on any atom is -0.481 e. The number of hydrogen-bond acceptors (Lipinski definition) is 5. The van der Waals surface area contributed by atoms with E-state index in [1.165, 1.54) is 0 Å². The first-order valence-electron chi connectivity index (χ1n) is 5.03. The van der Waals surface area contributed by atoms with Crippen LogP contribution in [0.4, 0.5) is 5.82 Å². The Balaban J connectivity index is 2.26. The molecule has 0 radical (unpaired) electrons. The van der Waals surface area contributed by atoms with Crippen LogP contribution in [0.25, 0.3) is 0 Å². The van der Waals surface area contributed by atoms with Crippen LogP contribution in [0.2, 0.25) is 0 Å². The van der Waals surface area contributed by atoms with E-state index in [-0.39, 0.29) is 0 Å². The van der Waals surface area contributed by atoms with Crippen molar-refractivity contribution >= 4 is 5.82 Å². The van der Waals surface area contributed by atoms with Gasteiger partial charge in [-0.1, -0.05) is 0 Å². The van der Waals surface area contributed by atoms with Crippen molar-refractivity contribution < 1.29 is 4.74 Å². The Morgan fingerprint density at radius 3 is 2.73 bits per heavy atom. The van der Waals surface area contributed by atoms with E-state index in [0.717, 1.165) is 24.5 Å². The van der Waals surface area contributed by atoms with E-state index >= 15 is 0 Å². The first-order chi connectivity index (χ1) is 7.24. The van der Waals surface area contributed by atoms with Crippen molar-refractivity contribution in [2.24, 2.45) is 0 Å². The lowest BCUT2D eigenvalue weighted by atomic mass is 10.1. The van der Waals surface area contributed by atoms with Crippen LogP contribution in [0.5, 0.6) is 5.88 Å². The van der Waals surface area contributed by atoms with Crippen molar-refractivity contribution in [3.8, 4) is 5.88 Å². The molecule has 82 valence electrons. The van der Waals surface area contributed by atoms with Crippen molar-refractivity contribution in [3.05, 3.63) is 11.9 Å². The Morgan fingerprint density at radius 1 is 1.47 bits per heavy atom. The minimum absolute atomic E-state index is 0.531. The van der Waals surface area contributed by atoms with Crippen LogP contribution in [0, 0.1) is 6.92 Å². The first-order valence-corrected chi connectivity index (χ1v) is 5.03. The monoisotopic (exact) mass is 208 g/mol. The molecule has 1 aliphatic rings. The Hall–Kier alpha value is -1.36. The molecule has 0 spiro atoms. The molecular weight excluding hydrogens is 192 g/mol. The zero-order valence-corrected chi connectivity index (χ0v) is 9.32. The Labute approximate surface area is 89.5 Å². The fraction of sp³-hybridized carbons (Fsp3) is 0.600. The molecule has 1 N–H and O–H groups in total. The Kier molecular flexibility index (Phi) is 2.73. The van der Waals surface area contributed by atoms with Crippen LogP contribution in [0.15, 0.2) is 6.33 Å². The standard InChI is InChI=1S/C10H16N4O/c1-7-9(12-6-13-10(7)15-3)14(2)8-4-11-5-8/h6,8,11H,4-5H2,1-3H3. The highest BCUT2D eigenvalue weighted by molar-refractivity contribution is 5.50. The molecule has 0 aromatic carbocycles. The second kappa shape index (κ2) is 4.02. The highest BCUT2D eigenvalue weighted by atomic mass is 16.5. The third kappa shape index (κ3) is 1.74. The summed E-state index contributed by atoms with van der Waals surface area (Å²) in [7, 11) is 3.68. The fourth-order valence-electron chi connectivity index (χ4n) is 1.71. The van der Waals surface area contributed by atoms with Gasteiger partial charge >= 0.3 is 0 Å². The second-order valence-electron chi connectivity index (χ2n) is 3.75. The number of anilines is 1. The molecule has 2 heterocycles. The summed E-state index contributed by atoms with van der Waals surface area (Å²) in [4.78, 5) is 10.5. The third-order valence-corrected chi connectivity index (χ3v) is 2.85. The maximum atomic E-state index is 5.17. The van der Waals surface area contributed by atoms with Crippen LogP contribution in [0.1, 0.15) is 5.56 Å². The molecule has 5 heteroatoms. The number of nitrogens with one attached hydrogen (secondary N) is 1. The van der Waals surface area contributed by atoms with Crippen molar-refractivity contribution in [2.75, 3.05) is 32.1 Å². The summed E-state index contributed by atoms with van der Waals surface area (Å²) in [6, 6.07) is 0.531. The summed E-state index contributed by atoms with van der Waals surface area (Å²) in [6.45, 7) is 4.02. The molecule has 0 amide bonds. The summed E-state index contributed by atoms with van der Waals surface area (Å²) >= 11 is 0. The van der Waals surface area contributed by atoms with Gasteiger partial charge in [-0.2, -0.15) is 0 Å². The second-order valence-corrected chi connectivity index (χ2v) is 3.75. The smallest absolute Gasteiger partial charge is 0.221 e. The Bertz CT molecular complexity index is 351. The number of hydrogen-bond donors (Lipinski definition) is 1. The number of aromatic nitrogens is 2. The highest BCUT2D eigenvalue weighted by Crippen LogP contribution is 2.24. The van der Waals surface area contributed by atoms with Gasteiger partial charge in [0.1, 0.15) is 12.1 Å². The zero-order valence-electron chi connectivity index (χ0n) is 9.32. The summed E-state index contributed by atoms with van der Waals surface area (Å²) in [5.41, 5.74) is 0.995. The van der Waals surface area contributed by atoms with Gasteiger partial charge in [-0.15, -0.1) is 0 Å². The number of rotatable bonds is 3. The highest BCUT2D eigenvalue weighted by Gasteiger charge is 2.24. The van der Waals surface area contributed by atoms with E-state index in [0.29, 0.717) is 11.9 Å². The molecule has 0 unspecified atom stereocenters. The van der Waals surface area contributed by atoms with E-state index in [4.69, 9.17) is 4.74 Å². The molecule has 0 atom stereocenters. The van der Waals surface area contributed by atoms with Crippen molar-refractivity contribution in [3.63, 3.8) is 0 Å². The number of nitrogens with zero attached hydrogens (tertiary/aromatic N) is 3. The topological polar surface area (TPSA) is 50.3 Å². The van der Waals surface area contributed by atoms with Crippen molar-refractivity contribution in [1.82, 2.24) is 15.3 Å². The summed E-state index contributed by atoms with van der Waals surface area (Å²) < 4.78 is 5.17. The lowest BCUT2D eigenvalue weighted by molar-refractivity contribution is 0.391. The van der Waals surface area contributed by atoms with Gasteiger partial charge in [0.25, 0.3) is 0 Å². The van der Waals surface area contributed by atoms with Gasteiger partial charge < -0.3 is 15.0 Å². The Morgan fingerprint density at radius 2 is 2.20 bits per heavy atom. The molecule has 2 rings (SSSR count). The molecule has 1 aromatic rings. The average molecular weight is 208 g/mol. The van der Waals surface area contributed by atoms with Gasteiger partial charge in [0.2, 0.25) is 5.88 Å². The molecular formula is C10H16N4O. The molecule has 1 aromatic heterocycles. The SMILES string of the molecule is COc1ncnc(N(C)C2CNC2)c1C. The van der Waals surface area contributed by atoms with Gasteiger partial charge in [-0.3, -0.25) is 0 Å². The van der Waals surface area contributed by atoms with Crippen LogP contribution >= 0.6 is 0 Å². The van der Waals surface area contributed by atoms with Crippen LogP contribution < -0.4 is 15.0 Å². The molecule has 1 aliphatic heterocycles. The number of ether oxygens (including phenoxy) is 1. The quantitative estimate of drug-likeness (QED) is 0.769. The van der Waals surface area contributed by atoms with Gasteiger partial charge in [-0.05, 0) is 6.92 Å². The number of likely N-dealkylation sites (N-methyl/N-ethyl adjacent to an activating group) is 1.